The number of anilines is 1. The molecular weight excluding hydrogens is 244 g/mol. The van der Waals surface area contributed by atoms with Gasteiger partial charge in [0.05, 0.1) is 17.8 Å². The number of carbonyl (C=O) groups excluding carboxylic acids is 1. The molecule has 0 saturated heterocycles. The van der Waals surface area contributed by atoms with Crippen LogP contribution >= 0.6 is 0 Å². The lowest BCUT2D eigenvalue weighted by molar-refractivity contribution is 0.0698. The van der Waals surface area contributed by atoms with E-state index in [4.69, 9.17) is 11.5 Å². The molecule has 0 aliphatic rings. The minimum absolute atomic E-state index is 0.0603. The first-order valence-corrected chi connectivity index (χ1v) is 5.83. The number of carbonyl (C=O) groups is 2. The Labute approximate surface area is 112 Å². The number of hydrogen-bond acceptors (Lipinski definition) is 2. The van der Waals surface area contributed by atoms with Crippen molar-refractivity contribution in [1.29, 1.82) is 0 Å². The second kappa shape index (κ2) is 6.45. The fourth-order valence-electron chi connectivity index (χ4n) is 1.58. The van der Waals surface area contributed by atoms with Crippen molar-refractivity contribution in [1.82, 2.24) is 4.90 Å². The van der Waals surface area contributed by atoms with Gasteiger partial charge in [-0.25, -0.2) is 9.59 Å². The number of carboxylic acids is 1. The van der Waals surface area contributed by atoms with Crippen LogP contribution in [0, 0.1) is 19.3 Å². The maximum Gasteiger partial charge on any atom is 0.337 e. The lowest BCUT2D eigenvalue weighted by Crippen LogP contribution is -2.35. The standard InChI is InChI=1S/C14H16N2O3/c1-4-8-16(5-2)14(19)15-12-7-6-10(3)9-11(12)13(17)18/h1,6-7,9H,5,8H2,2-3H3,(H,15,19)(H,17,18). The Morgan fingerprint density at radius 1 is 1.47 bits per heavy atom. The van der Waals surface area contributed by atoms with Crippen molar-refractivity contribution in [3.05, 3.63) is 29.3 Å². The number of nitrogens with one attached hydrogen (secondary N) is 1. The number of amides is 2. The first-order chi connectivity index (χ1) is 8.99. The third kappa shape index (κ3) is 3.75. The van der Waals surface area contributed by atoms with Gasteiger partial charge < -0.3 is 15.3 Å². The molecule has 0 fully saturated rings. The number of rotatable bonds is 4. The number of terminal acetylenes is 1. The molecule has 0 aromatic heterocycles. The Balaban J connectivity index is 2.96. The molecule has 100 valence electrons. The summed E-state index contributed by atoms with van der Waals surface area (Å²) in [5.74, 6) is 1.30. The molecule has 1 rings (SSSR count). The van der Waals surface area contributed by atoms with E-state index in [9.17, 15) is 9.59 Å². The normalized spacial score (nSPS) is 9.53. The minimum Gasteiger partial charge on any atom is -0.478 e. The van der Waals surface area contributed by atoms with E-state index < -0.39 is 12.0 Å². The SMILES string of the molecule is C#CCN(CC)C(=O)Nc1ccc(C)cc1C(=O)O. The maximum absolute atomic E-state index is 11.9. The van der Waals surface area contributed by atoms with Crippen LogP contribution in [0.15, 0.2) is 18.2 Å². The lowest BCUT2D eigenvalue weighted by atomic mass is 10.1. The highest BCUT2D eigenvalue weighted by atomic mass is 16.4. The molecule has 0 spiro atoms. The molecule has 5 heteroatoms. The number of hydrogen-bond donors (Lipinski definition) is 2. The zero-order valence-electron chi connectivity index (χ0n) is 10.9. The molecule has 5 nitrogen and oxygen atoms in total. The van der Waals surface area contributed by atoms with E-state index >= 15 is 0 Å². The Bertz CT molecular complexity index is 532. The van der Waals surface area contributed by atoms with Crippen LogP contribution in [-0.2, 0) is 0 Å². The Morgan fingerprint density at radius 2 is 2.16 bits per heavy atom. The molecule has 0 unspecified atom stereocenters. The van der Waals surface area contributed by atoms with Gasteiger partial charge in [0.15, 0.2) is 0 Å². The van der Waals surface area contributed by atoms with E-state index in [0.717, 1.165) is 5.56 Å². The molecule has 2 N–H and O–H groups in total. The van der Waals surface area contributed by atoms with Crippen LogP contribution in [0.2, 0.25) is 0 Å². The van der Waals surface area contributed by atoms with Gasteiger partial charge in [0.2, 0.25) is 0 Å². The largest absolute Gasteiger partial charge is 0.478 e. The second-order valence-corrected chi connectivity index (χ2v) is 4.00. The summed E-state index contributed by atoms with van der Waals surface area (Å²) < 4.78 is 0. The Morgan fingerprint density at radius 3 is 2.68 bits per heavy atom. The first-order valence-electron chi connectivity index (χ1n) is 5.83. The predicted molar refractivity (Wildman–Crippen MR) is 73.2 cm³/mol. The summed E-state index contributed by atoms with van der Waals surface area (Å²) in [6.07, 6.45) is 5.17. The Hall–Kier alpha value is -2.48. The summed E-state index contributed by atoms with van der Waals surface area (Å²) in [6, 6.07) is 4.40. The molecule has 1 aromatic carbocycles. The number of nitrogens with zero attached hydrogens (tertiary/aromatic N) is 1. The van der Waals surface area contributed by atoms with Crippen molar-refractivity contribution in [2.45, 2.75) is 13.8 Å². The molecule has 0 aliphatic carbocycles. The van der Waals surface area contributed by atoms with Crippen molar-refractivity contribution in [2.75, 3.05) is 18.4 Å². The zero-order chi connectivity index (χ0) is 14.4. The van der Waals surface area contributed by atoms with Gasteiger partial charge in [-0.2, -0.15) is 0 Å². The quantitative estimate of drug-likeness (QED) is 0.815. The van der Waals surface area contributed by atoms with Gasteiger partial charge in [0, 0.05) is 6.54 Å². The Kier molecular flexibility index (Phi) is 4.95. The van der Waals surface area contributed by atoms with Crippen LogP contribution in [0.3, 0.4) is 0 Å². The molecule has 0 saturated carbocycles. The molecule has 2 amide bonds. The average molecular weight is 260 g/mol. The minimum atomic E-state index is -1.08. The smallest absolute Gasteiger partial charge is 0.337 e. The third-order valence-corrected chi connectivity index (χ3v) is 2.60. The topological polar surface area (TPSA) is 69.6 Å². The van der Waals surface area contributed by atoms with Crippen LogP contribution < -0.4 is 5.32 Å². The van der Waals surface area contributed by atoms with Crippen molar-refractivity contribution >= 4 is 17.7 Å². The molecule has 1 aromatic rings. The van der Waals surface area contributed by atoms with E-state index in [1.807, 2.05) is 0 Å². The summed E-state index contributed by atoms with van der Waals surface area (Å²) in [5.41, 5.74) is 1.13. The summed E-state index contributed by atoms with van der Waals surface area (Å²) in [4.78, 5) is 24.5. The molecule has 0 heterocycles. The van der Waals surface area contributed by atoms with Gasteiger partial charge in [0.1, 0.15) is 0 Å². The highest BCUT2D eigenvalue weighted by Gasteiger charge is 2.15. The van der Waals surface area contributed by atoms with Gasteiger partial charge >= 0.3 is 12.0 Å². The van der Waals surface area contributed by atoms with Crippen LogP contribution in [0.1, 0.15) is 22.8 Å². The van der Waals surface area contributed by atoms with E-state index in [-0.39, 0.29) is 17.8 Å². The fraction of sp³-hybridized carbons (Fsp3) is 0.286. The van der Waals surface area contributed by atoms with Gasteiger partial charge in [-0.15, -0.1) is 6.42 Å². The van der Waals surface area contributed by atoms with Crippen LogP contribution in [-0.4, -0.2) is 35.1 Å². The van der Waals surface area contributed by atoms with Gasteiger partial charge in [-0.05, 0) is 26.0 Å². The zero-order valence-corrected chi connectivity index (χ0v) is 10.9. The number of benzene rings is 1. The summed E-state index contributed by atoms with van der Waals surface area (Å²) in [6.45, 7) is 4.21. The summed E-state index contributed by atoms with van der Waals surface area (Å²) in [5, 5.41) is 11.7. The number of urea groups is 1. The second-order valence-electron chi connectivity index (χ2n) is 4.00. The fourth-order valence-corrected chi connectivity index (χ4v) is 1.58. The highest BCUT2D eigenvalue weighted by Crippen LogP contribution is 2.18. The van der Waals surface area contributed by atoms with Gasteiger partial charge in [0.25, 0.3) is 0 Å². The van der Waals surface area contributed by atoms with Gasteiger partial charge in [-0.1, -0.05) is 17.6 Å². The van der Waals surface area contributed by atoms with Crippen LogP contribution in [0.4, 0.5) is 10.5 Å². The molecular formula is C14H16N2O3. The average Bonchev–Trinajstić information content (AvgIpc) is 2.37. The predicted octanol–water partition coefficient (Wildman–Crippen LogP) is 2.18. The van der Waals surface area contributed by atoms with E-state index in [2.05, 4.69) is 11.2 Å². The molecule has 19 heavy (non-hydrogen) atoms. The highest BCUT2D eigenvalue weighted by molar-refractivity contribution is 6.00. The summed E-state index contributed by atoms with van der Waals surface area (Å²) >= 11 is 0. The lowest BCUT2D eigenvalue weighted by Gasteiger charge is -2.19. The number of aromatic carboxylic acids is 1. The number of aryl methyl sites for hydroxylation is 1. The maximum atomic E-state index is 11.9. The molecule has 0 aliphatic heterocycles. The molecule has 0 bridgehead atoms. The molecule has 0 radical (unpaired) electrons. The number of carboxylic acid groups (broad SMARTS) is 1. The van der Waals surface area contributed by atoms with Crippen molar-refractivity contribution in [3.8, 4) is 12.3 Å². The third-order valence-electron chi connectivity index (χ3n) is 2.60. The van der Waals surface area contributed by atoms with Gasteiger partial charge in [-0.3, -0.25) is 0 Å². The van der Waals surface area contributed by atoms with Crippen LogP contribution in [0.5, 0.6) is 0 Å². The van der Waals surface area contributed by atoms with Crippen molar-refractivity contribution in [3.63, 3.8) is 0 Å². The van der Waals surface area contributed by atoms with Crippen molar-refractivity contribution in [2.24, 2.45) is 0 Å². The van der Waals surface area contributed by atoms with Crippen molar-refractivity contribution < 1.29 is 14.7 Å². The molecule has 0 atom stereocenters. The van der Waals surface area contributed by atoms with Crippen LogP contribution in [0.25, 0.3) is 0 Å². The van der Waals surface area contributed by atoms with E-state index in [1.165, 1.54) is 11.0 Å². The summed E-state index contributed by atoms with van der Waals surface area (Å²) in [7, 11) is 0. The van der Waals surface area contributed by atoms with E-state index in [1.54, 1.807) is 26.0 Å². The monoisotopic (exact) mass is 260 g/mol. The first kappa shape index (κ1) is 14.6. The van der Waals surface area contributed by atoms with E-state index in [0.29, 0.717) is 6.54 Å².